The Hall–Kier alpha value is -0.650. The molecule has 1 heterocycles. The summed E-state index contributed by atoms with van der Waals surface area (Å²) < 4.78 is 4.97. The zero-order valence-corrected chi connectivity index (χ0v) is 14.9. The molecule has 2 aliphatic rings. The monoisotopic (exact) mass is 326 g/mol. The second-order valence-electron chi connectivity index (χ2n) is 7.80. The number of hydrogen-bond acceptors (Lipinski definition) is 4. The third-order valence-electron chi connectivity index (χ3n) is 5.43. The van der Waals surface area contributed by atoms with E-state index in [2.05, 4.69) is 17.1 Å². The van der Waals surface area contributed by atoms with E-state index >= 15 is 0 Å². The number of rotatable bonds is 7. The summed E-state index contributed by atoms with van der Waals surface area (Å²) in [4.78, 5) is 14.6. The number of aliphatic hydroxyl groups excluding tert-OH is 1. The second kappa shape index (κ2) is 9.00. The molecule has 0 aromatic rings. The quantitative estimate of drug-likeness (QED) is 0.750. The van der Waals surface area contributed by atoms with Crippen molar-refractivity contribution in [3.05, 3.63) is 0 Å². The molecule has 2 N–H and O–H groups in total. The van der Waals surface area contributed by atoms with Gasteiger partial charge in [-0.1, -0.05) is 26.2 Å². The maximum absolute atomic E-state index is 12.3. The Labute approximate surface area is 140 Å². The van der Waals surface area contributed by atoms with E-state index in [4.69, 9.17) is 4.74 Å². The van der Waals surface area contributed by atoms with E-state index in [9.17, 15) is 9.90 Å². The number of β-amino-alcohol motifs (C(OH)–C–C–N with tert-alkyl or cyclic N) is 1. The lowest BCUT2D eigenvalue weighted by molar-refractivity contribution is -0.124. The molecule has 1 aliphatic carbocycles. The minimum Gasteiger partial charge on any atom is -0.389 e. The van der Waals surface area contributed by atoms with E-state index in [1.807, 2.05) is 0 Å². The second-order valence-corrected chi connectivity index (χ2v) is 7.80. The van der Waals surface area contributed by atoms with Crippen molar-refractivity contribution >= 4 is 5.91 Å². The molecule has 1 saturated carbocycles. The molecule has 1 saturated heterocycles. The normalized spacial score (nSPS) is 24.3. The zero-order valence-electron chi connectivity index (χ0n) is 14.9. The molecule has 0 spiro atoms. The molecule has 0 bridgehead atoms. The van der Waals surface area contributed by atoms with Gasteiger partial charge in [-0.2, -0.15) is 0 Å². The number of carbonyl (C=O) groups excluding carboxylic acids is 1. The van der Waals surface area contributed by atoms with E-state index in [-0.39, 0.29) is 11.3 Å². The van der Waals surface area contributed by atoms with Crippen molar-refractivity contribution in [3.63, 3.8) is 0 Å². The Balaban J connectivity index is 1.66. The van der Waals surface area contributed by atoms with Crippen molar-refractivity contribution < 1.29 is 14.6 Å². The van der Waals surface area contributed by atoms with Crippen molar-refractivity contribution in [1.82, 2.24) is 10.2 Å². The first-order valence-corrected chi connectivity index (χ1v) is 9.19. The highest BCUT2D eigenvalue weighted by molar-refractivity contribution is 5.77. The molecule has 5 nitrogen and oxygen atoms in total. The van der Waals surface area contributed by atoms with Crippen LogP contribution in [0.25, 0.3) is 0 Å². The van der Waals surface area contributed by atoms with E-state index in [1.165, 1.54) is 32.1 Å². The van der Waals surface area contributed by atoms with Gasteiger partial charge in [0.25, 0.3) is 0 Å². The van der Waals surface area contributed by atoms with Gasteiger partial charge in [0, 0.05) is 39.2 Å². The van der Waals surface area contributed by atoms with Crippen LogP contribution in [0.4, 0.5) is 0 Å². The first-order valence-electron chi connectivity index (χ1n) is 9.19. The highest BCUT2D eigenvalue weighted by atomic mass is 16.5. The molecule has 5 heteroatoms. The van der Waals surface area contributed by atoms with Crippen LogP contribution in [0.3, 0.4) is 0 Å². The molecule has 1 amide bonds. The first-order chi connectivity index (χ1) is 11.0. The van der Waals surface area contributed by atoms with Crippen molar-refractivity contribution in [2.75, 3.05) is 33.4 Å². The smallest absolute Gasteiger partial charge is 0.220 e. The highest BCUT2D eigenvalue weighted by Gasteiger charge is 2.30. The Bertz CT molecular complexity index is 361. The molecule has 134 valence electrons. The molecular formula is C18H34N2O3. The number of carbonyl (C=O) groups is 1. The van der Waals surface area contributed by atoms with Crippen molar-refractivity contribution in [2.45, 2.75) is 70.4 Å². The van der Waals surface area contributed by atoms with Gasteiger partial charge in [-0.05, 0) is 31.1 Å². The lowest BCUT2D eigenvalue weighted by Gasteiger charge is -2.35. The fourth-order valence-electron chi connectivity index (χ4n) is 4.05. The van der Waals surface area contributed by atoms with Crippen LogP contribution in [0.5, 0.6) is 0 Å². The molecule has 0 radical (unpaired) electrons. The number of amides is 1. The summed E-state index contributed by atoms with van der Waals surface area (Å²) in [6, 6.07) is 0.297. The topological polar surface area (TPSA) is 61.8 Å². The van der Waals surface area contributed by atoms with Crippen molar-refractivity contribution in [1.29, 1.82) is 0 Å². The van der Waals surface area contributed by atoms with Crippen LogP contribution in [0.2, 0.25) is 0 Å². The van der Waals surface area contributed by atoms with Crippen LogP contribution in [0, 0.1) is 5.41 Å². The van der Waals surface area contributed by atoms with Crippen LogP contribution < -0.4 is 5.32 Å². The van der Waals surface area contributed by atoms with Gasteiger partial charge >= 0.3 is 0 Å². The average molecular weight is 326 g/mol. The number of likely N-dealkylation sites (tertiary alicyclic amines) is 1. The van der Waals surface area contributed by atoms with Crippen LogP contribution in [0.15, 0.2) is 0 Å². The van der Waals surface area contributed by atoms with Gasteiger partial charge in [-0.25, -0.2) is 0 Å². The zero-order chi connectivity index (χ0) is 16.7. The summed E-state index contributed by atoms with van der Waals surface area (Å²) in [5.41, 5.74) is 0.216. The van der Waals surface area contributed by atoms with Gasteiger partial charge in [0.1, 0.15) is 0 Å². The summed E-state index contributed by atoms with van der Waals surface area (Å²) in [7, 11) is 1.61. The van der Waals surface area contributed by atoms with E-state index in [0.717, 1.165) is 25.9 Å². The van der Waals surface area contributed by atoms with Gasteiger partial charge in [-0.15, -0.1) is 0 Å². The molecule has 0 aromatic heterocycles. The number of nitrogens with zero attached hydrogens (tertiary/aromatic N) is 1. The predicted octanol–water partition coefficient (Wildman–Crippen LogP) is 1.93. The summed E-state index contributed by atoms with van der Waals surface area (Å²) >= 11 is 0. The summed E-state index contributed by atoms with van der Waals surface area (Å²) in [6.45, 7) is 5.18. The average Bonchev–Trinajstić information content (AvgIpc) is 2.49. The number of hydrogen-bond donors (Lipinski definition) is 2. The number of piperidine rings is 1. The number of nitrogens with one attached hydrogen (secondary N) is 1. The van der Waals surface area contributed by atoms with Crippen LogP contribution in [0.1, 0.15) is 58.3 Å². The van der Waals surface area contributed by atoms with Gasteiger partial charge in [0.2, 0.25) is 5.91 Å². The maximum Gasteiger partial charge on any atom is 0.220 e. The molecular weight excluding hydrogens is 292 g/mol. The Morgan fingerprint density at radius 3 is 2.57 bits per heavy atom. The fourth-order valence-corrected chi connectivity index (χ4v) is 4.05. The van der Waals surface area contributed by atoms with Crippen molar-refractivity contribution in [3.8, 4) is 0 Å². The molecule has 2 fully saturated rings. The Morgan fingerprint density at radius 2 is 1.96 bits per heavy atom. The predicted molar refractivity (Wildman–Crippen MR) is 91.3 cm³/mol. The largest absolute Gasteiger partial charge is 0.389 e. The van der Waals surface area contributed by atoms with Crippen LogP contribution in [-0.2, 0) is 9.53 Å². The summed E-state index contributed by atoms with van der Waals surface area (Å²) in [6.07, 6.45) is 8.46. The molecule has 0 aromatic carbocycles. The lowest BCUT2D eigenvalue weighted by Crippen LogP contribution is -2.47. The Morgan fingerprint density at radius 1 is 1.30 bits per heavy atom. The van der Waals surface area contributed by atoms with Crippen LogP contribution in [-0.4, -0.2) is 61.4 Å². The van der Waals surface area contributed by atoms with Gasteiger partial charge < -0.3 is 20.1 Å². The number of methoxy groups -OCH3 is 1. The molecule has 1 atom stereocenters. The highest BCUT2D eigenvalue weighted by Crippen LogP contribution is 2.38. The van der Waals surface area contributed by atoms with Gasteiger partial charge in [0.05, 0.1) is 12.7 Å². The van der Waals surface area contributed by atoms with Gasteiger partial charge in [0.15, 0.2) is 0 Å². The van der Waals surface area contributed by atoms with Crippen LogP contribution >= 0.6 is 0 Å². The molecule has 1 unspecified atom stereocenters. The third-order valence-corrected chi connectivity index (χ3v) is 5.43. The minimum absolute atomic E-state index is 0.216. The molecule has 2 rings (SSSR count). The molecule has 23 heavy (non-hydrogen) atoms. The Kier molecular flexibility index (Phi) is 7.31. The number of ether oxygens (including phenoxy) is 1. The van der Waals surface area contributed by atoms with Gasteiger partial charge in [-0.3, -0.25) is 4.79 Å². The fraction of sp³-hybridized carbons (Fsp3) is 0.944. The minimum atomic E-state index is -0.419. The third kappa shape index (κ3) is 6.40. The standard InChI is InChI=1S/C18H34N2O3/c1-18(8-4-3-5-9-18)12-17(22)19-15-6-10-20(11-7-15)13-16(21)14-23-2/h15-16,21H,3-14H2,1-2H3,(H,19,22). The summed E-state index contributed by atoms with van der Waals surface area (Å²) in [5, 5.41) is 13.0. The first kappa shape index (κ1) is 18.7. The SMILES string of the molecule is COCC(O)CN1CCC(NC(=O)CC2(C)CCCCC2)CC1. The molecule has 1 aliphatic heterocycles. The summed E-state index contributed by atoms with van der Waals surface area (Å²) in [5.74, 6) is 0.229. The van der Waals surface area contributed by atoms with E-state index in [1.54, 1.807) is 7.11 Å². The lowest BCUT2D eigenvalue weighted by atomic mass is 9.73. The van der Waals surface area contributed by atoms with Crippen molar-refractivity contribution in [2.24, 2.45) is 5.41 Å². The number of aliphatic hydroxyl groups is 1. The maximum atomic E-state index is 12.3. The van der Waals surface area contributed by atoms with E-state index < -0.39 is 6.10 Å². The van der Waals surface area contributed by atoms with E-state index in [0.29, 0.717) is 25.6 Å².